The molecule has 1 aromatic heterocycles. The van der Waals surface area contributed by atoms with Gasteiger partial charge in [-0.05, 0) is 23.3 Å². The molecular formula is C20H20N4O2. The van der Waals surface area contributed by atoms with Crippen LogP contribution in [-0.2, 0) is 11.3 Å². The summed E-state index contributed by atoms with van der Waals surface area (Å²) in [6.45, 7) is 1.69. The first-order valence-corrected chi connectivity index (χ1v) is 8.61. The van der Waals surface area contributed by atoms with Crippen molar-refractivity contribution in [2.75, 3.05) is 18.5 Å². The number of nitrogens with one attached hydrogen (secondary N) is 2. The number of cyclic esters (lactones) is 1. The van der Waals surface area contributed by atoms with Gasteiger partial charge >= 0.3 is 6.09 Å². The molecule has 4 rings (SSSR count). The van der Waals surface area contributed by atoms with Crippen molar-refractivity contribution in [3.05, 3.63) is 83.9 Å². The van der Waals surface area contributed by atoms with Crippen molar-refractivity contribution in [2.24, 2.45) is 0 Å². The van der Waals surface area contributed by atoms with Crippen molar-refractivity contribution < 1.29 is 9.53 Å². The van der Waals surface area contributed by atoms with Gasteiger partial charge in [-0.2, -0.15) is 0 Å². The Kier molecular flexibility index (Phi) is 4.55. The number of benzene rings is 2. The summed E-state index contributed by atoms with van der Waals surface area (Å²) in [5.74, 6) is 0.861. The maximum Gasteiger partial charge on any atom is 0.410 e. The van der Waals surface area contributed by atoms with E-state index >= 15 is 0 Å². The third-order valence-electron chi connectivity index (χ3n) is 4.41. The van der Waals surface area contributed by atoms with E-state index in [0.717, 1.165) is 22.6 Å². The third kappa shape index (κ3) is 3.54. The largest absolute Gasteiger partial charge is 0.448 e. The van der Waals surface area contributed by atoms with Gasteiger partial charge in [0.1, 0.15) is 18.5 Å². The summed E-state index contributed by atoms with van der Waals surface area (Å²) in [5, 5.41) is 3.53. The van der Waals surface area contributed by atoms with Gasteiger partial charge in [-0.15, -0.1) is 0 Å². The summed E-state index contributed by atoms with van der Waals surface area (Å²) in [6, 6.07) is 18.2. The van der Waals surface area contributed by atoms with E-state index in [1.807, 2.05) is 48.7 Å². The highest BCUT2D eigenvalue weighted by Gasteiger charge is 2.21. The van der Waals surface area contributed by atoms with E-state index in [-0.39, 0.29) is 12.1 Å². The minimum atomic E-state index is -0.242. The Morgan fingerprint density at radius 3 is 2.62 bits per heavy atom. The van der Waals surface area contributed by atoms with Gasteiger partial charge in [-0.3, -0.25) is 0 Å². The van der Waals surface area contributed by atoms with Crippen LogP contribution in [-0.4, -0.2) is 34.1 Å². The zero-order valence-corrected chi connectivity index (χ0v) is 14.3. The lowest BCUT2D eigenvalue weighted by Gasteiger charge is -2.19. The molecule has 1 aliphatic rings. The van der Waals surface area contributed by atoms with Gasteiger partial charge in [0, 0.05) is 24.6 Å². The number of aromatic nitrogens is 2. The van der Waals surface area contributed by atoms with E-state index < -0.39 is 0 Å². The molecule has 0 bridgehead atoms. The van der Waals surface area contributed by atoms with Gasteiger partial charge in [0.25, 0.3) is 0 Å². The fraction of sp³-hybridized carbons (Fsp3) is 0.200. The normalized spacial score (nSPS) is 14.9. The molecule has 2 N–H and O–H groups in total. The van der Waals surface area contributed by atoms with E-state index in [9.17, 15) is 4.79 Å². The molecule has 0 radical (unpaired) electrons. The molecule has 0 spiro atoms. The van der Waals surface area contributed by atoms with Crippen molar-refractivity contribution in [1.82, 2.24) is 14.9 Å². The molecule has 1 atom stereocenters. The smallest absolute Gasteiger partial charge is 0.410 e. The standard InChI is InChI=1S/C20H20N4O2/c25-20-24(12-13-26-20)14-15-6-8-17(9-7-15)23-18(19-21-10-11-22-19)16-4-2-1-3-5-16/h1-11,18,23H,12-14H2,(H,21,22)/t18-/m1/s1. The fourth-order valence-corrected chi connectivity index (χ4v) is 3.05. The number of nitrogens with zero attached hydrogens (tertiary/aromatic N) is 2. The topological polar surface area (TPSA) is 70.2 Å². The number of H-pyrrole nitrogens is 1. The molecule has 0 unspecified atom stereocenters. The van der Waals surface area contributed by atoms with Crippen molar-refractivity contribution in [3.63, 3.8) is 0 Å². The first-order valence-electron chi connectivity index (χ1n) is 8.61. The minimum absolute atomic E-state index is 0.0643. The number of amides is 1. The zero-order chi connectivity index (χ0) is 17.8. The molecule has 1 aliphatic heterocycles. The van der Waals surface area contributed by atoms with E-state index in [2.05, 4.69) is 27.4 Å². The van der Waals surface area contributed by atoms with Gasteiger partial charge < -0.3 is 19.9 Å². The Labute approximate surface area is 151 Å². The Bertz CT molecular complexity index is 847. The number of ether oxygens (including phenoxy) is 1. The lowest BCUT2D eigenvalue weighted by Crippen LogP contribution is -2.23. The molecule has 1 amide bonds. The predicted molar refractivity (Wildman–Crippen MR) is 98.7 cm³/mol. The van der Waals surface area contributed by atoms with Crippen LogP contribution in [0.15, 0.2) is 67.0 Å². The molecule has 6 heteroatoms. The number of carbonyl (C=O) groups excluding carboxylic acids is 1. The first-order chi connectivity index (χ1) is 12.8. The van der Waals surface area contributed by atoms with E-state index in [4.69, 9.17) is 4.74 Å². The number of carbonyl (C=O) groups is 1. The average molecular weight is 348 g/mol. The first kappa shape index (κ1) is 16.2. The summed E-state index contributed by atoms with van der Waals surface area (Å²) in [5.41, 5.74) is 3.19. The molecule has 6 nitrogen and oxygen atoms in total. The van der Waals surface area contributed by atoms with Crippen LogP contribution in [0.5, 0.6) is 0 Å². The maximum absolute atomic E-state index is 11.6. The Morgan fingerprint density at radius 2 is 1.96 bits per heavy atom. The molecule has 2 aromatic carbocycles. The minimum Gasteiger partial charge on any atom is -0.448 e. The van der Waals surface area contributed by atoms with E-state index in [0.29, 0.717) is 19.7 Å². The fourth-order valence-electron chi connectivity index (χ4n) is 3.05. The molecule has 3 aromatic rings. The summed E-state index contributed by atoms with van der Waals surface area (Å²) in [6.07, 6.45) is 3.34. The number of hydrogen-bond acceptors (Lipinski definition) is 4. The van der Waals surface area contributed by atoms with Crippen LogP contribution < -0.4 is 5.32 Å². The molecule has 0 aliphatic carbocycles. The predicted octanol–water partition coefficient (Wildman–Crippen LogP) is 3.56. The second kappa shape index (κ2) is 7.31. The van der Waals surface area contributed by atoms with Crippen molar-refractivity contribution >= 4 is 11.8 Å². The number of anilines is 1. The maximum atomic E-state index is 11.6. The molecule has 2 heterocycles. The number of hydrogen-bond donors (Lipinski definition) is 2. The van der Waals surface area contributed by atoms with Crippen LogP contribution in [0.2, 0.25) is 0 Å². The van der Waals surface area contributed by atoms with E-state index in [1.165, 1.54) is 0 Å². The summed E-state index contributed by atoms with van der Waals surface area (Å²) < 4.78 is 4.97. The molecule has 26 heavy (non-hydrogen) atoms. The Morgan fingerprint density at radius 1 is 1.15 bits per heavy atom. The zero-order valence-electron chi connectivity index (χ0n) is 14.3. The molecule has 132 valence electrons. The highest BCUT2D eigenvalue weighted by Crippen LogP contribution is 2.24. The van der Waals surface area contributed by atoms with Gasteiger partial charge in [-0.25, -0.2) is 9.78 Å². The van der Waals surface area contributed by atoms with Crippen LogP contribution in [0.3, 0.4) is 0 Å². The summed E-state index contributed by atoms with van der Waals surface area (Å²) in [4.78, 5) is 20.9. The van der Waals surface area contributed by atoms with Crippen molar-refractivity contribution in [3.8, 4) is 0 Å². The molecule has 1 fully saturated rings. The lowest BCUT2D eigenvalue weighted by atomic mass is 10.1. The van der Waals surface area contributed by atoms with E-state index in [1.54, 1.807) is 11.1 Å². The second-order valence-electron chi connectivity index (χ2n) is 6.20. The number of imidazole rings is 1. The SMILES string of the molecule is O=C1OCCN1Cc1ccc(N[C@H](c2ccccc2)c2ncc[nH]2)cc1. The Hall–Kier alpha value is -3.28. The molecule has 0 saturated carbocycles. The van der Waals surface area contributed by atoms with Crippen molar-refractivity contribution in [2.45, 2.75) is 12.6 Å². The summed E-state index contributed by atoms with van der Waals surface area (Å²) >= 11 is 0. The average Bonchev–Trinajstić information content (AvgIpc) is 3.34. The quantitative estimate of drug-likeness (QED) is 0.714. The van der Waals surface area contributed by atoms with Crippen LogP contribution >= 0.6 is 0 Å². The molecular weight excluding hydrogens is 328 g/mol. The molecule has 1 saturated heterocycles. The Balaban J connectivity index is 1.50. The van der Waals surface area contributed by atoms with Crippen LogP contribution in [0.4, 0.5) is 10.5 Å². The monoisotopic (exact) mass is 348 g/mol. The van der Waals surface area contributed by atoms with Gasteiger partial charge in [0.2, 0.25) is 0 Å². The van der Waals surface area contributed by atoms with Crippen LogP contribution in [0, 0.1) is 0 Å². The van der Waals surface area contributed by atoms with Gasteiger partial charge in [0.15, 0.2) is 0 Å². The highest BCUT2D eigenvalue weighted by molar-refractivity contribution is 5.69. The van der Waals surface area contributed by atoms with Crippen LogP contribution in [0.1, 0.15) is 23.0 Å². The summed E-state index contributed by atoms with van der Waals surface area (Å²) in [7, 11) is 0. The third-order valence-corrected chi connectivity index (χ3v) is 4.41. The lowest BCUT2D eigenvalue weighted by molar-refractivity contribution is 0.157. The second-order valence-corrected chi connectivity index (χ2v) is 6.20. The highest BCUT2D eigenvalue weighted by atomic mass is 16.6. The van der Waals surface area contributed by atoms with Gasteiger partial charge in [0.05, 0.1) is 6.54 Å². The van der Waals surface area contributed by atoms with Gasteiger partial charge in [-0.1, -0.05) is 42.5 Å². The number of rotatable bonds is 6. The number of aromatic amines is 1. The van der Waals surface area contributed by atoms with Crippen molar-refractivity contribution in [1.29, 1.82) is 0 Å². The van der Waals surface area contributed by atoms with Crippen LogP contribution in [0.25, 0.3) is 0 Å².